The first-order valence-electron chi connectivity index (χ1n) is 7.64. The van der Waals surface area contributed by atoms with E-state index in [9.17, 15) is 4.79 Å². The maximum Gasteiger partial charge on any atom is 0.251 e. The third-order valence-corrected chi connectivity index (χ3v) is 4.50. The first kappa shape index (κ1) is 14.9. The Hall–Kier alpha value is -1.51. The molecule has 0 aliphatic heterocycles. The van der Waals surface area contributed by atoms with E-state index in [0.717, 1.165) is 24.3 Å². The van der Waals surface area contributed by atoms with Gasteiger partial charge in [0.2, 0.25) is 0 Å². The Bertz CT molecular complexity index is 482. The fourth-order valence-corrected chi connectivity index (χ4v) is 3.11. The summed E-state index contributed by atoms with van der Waals surface area (Å²) in [7, 11) is 0. The van der Waals surface area contributed by atoms with Crippen molar-refractivity contribution in [3.05, 3.63) is 29.3 Å². The minimum atomic E-state index is 0.0178. The minimum absolute atomic E-state index is 0.0178. The molecule has 0 aromatic heterocycles. The fraction of sp³-hybridized carbons (Fsp3) is 0.588. The number of rotatable bonds is 3. The van der Waals surface area contributed by atoms with Crippen molar-refractivity contribution in [2.45, 2.75) is 52.5 Å². The van der Waals surface area contributed by atoms with Gasteiger partial charge in [0.15, 0.2) is 0 Å². The van der Waals surface area contributed by atoms with Gasteiger partial charge in [-0.1, -0.05) is 32.8 Å². The van der Waals surface area contributed by atoms with Crippen LogP contribution in [0.2, 0.25) is 0 Å². The van der Waals surface area contributed by atoms with Gasteiger partial charge < -0.3 is 11.1 Å². The summed E-state index contributed by atoms with van der Waals surface area (Å²) in [6.45, 7) is 6.50. The summed E-state index contributed by atoms with van der Waals surface area (Å²) < 4.78 is 0. The van der Waals surface area contributed by atoms with Crippen LogP contribution in [0.4, 0.5) is 5.69 Å². The van der Waals surface area contributed by atoms with Crippen LogP contribution >= 0.6 is 0 Å². The summed E-state index contributed by atoms with van der Waals surface area (Å²) in [5, 5.41) is 3.19. The average Bonchev–Trinajstić information content (AvgIpc) is 2.41. The maximum absolute atomic E-state index is 12.4. The van der Waals surface area contributed by atoms with Crippen molar-refractivity contribution in [2.75, 3.05) is 5.73 Å². The second-order valence-electron chi connectivity index (χ2n) is 6.42. The number of nitrogens with one attached hydrogen (secondary N) is 1. The van der Waals surface area contributed by atoms with Crippen molar-refractivity contribution < 1.29 is 4.79 Å². The number of carbonyl (C=O) groups excluding carboxylic acids is 1. The van der Waals surface area contributed by atoms with E-state index in [-0.39, 0.29) is 5.91 Å². The van der Waals surface area contributed by atoms with E-state index in [4.69, 9.17) is 5.73 Å². The molecule has 0 saturated heterocycles. The highest BCUT2D eigenvalue weighted by Gasteiger charge is 2.25. The van der Waals surface area contributed by atoms with E-state index in [2.05, 4.69) is 19.2 Å². The zero-order valence-corrected chi connectivity index (χ0v) is 12.8. The lowest BCUT2D eigenvalue weighted by atomic mass is 9.79. The molecule has 0 bridgehead atoms. The van der Waals surface area contributed by atoms with Crippen LogP contribution in [0.15, 0.2) is 18.2 Å². The van der Waals surface area contributed by atoms with Crippen LogP contribution < -0.4 is 11.1 Å². The number of amides is 1. The highest BCUT2D eigenvalue weighted by molar-refractivity contribution is 5.96. The minimum Gasteiger partial charge on any atom is -0.399 e. The second kappa shape index (κ2) is 6.29. The maximum atomic E-state index is 12.4. The Morgan fingerprint density at radius 1 is 1.35 bits per heavy atom. The third-order valence-electron chi connectivity index (χ3n) is 4.50. The summed E-state index contributed by atoms with van der Waals surface area (Å²) in [6, 6.07) is 5.82. The number of hydrogen-bond donors (Lipinski definition) is 2. The molecule has 20 heavy (non-hydrogen) atoms. The highest BCUT2D eigenvalue weighted by atomic mass is 16.1. The van der Waals surface area contributed by atoms with Crippen LogP contribution in [0.1, 0.15) is 55.5 Å². The molecule has 3 N–H and O–H groups in total. The molecule has 1 aromatic carbocycles. The van der Waals surface area contributed by atoms with E-state index in [1.54, 1.807) is 6.07 Å². The van der Waals surface area contributed by atoms with E-state index >= 15 is 0 Å². The first-order chi connectivity index (χ1) is 9.47. The van der Waals surface area contributed by atoms with Crippen molar-refractivity contribution in [3.63, 3.8) is 0 Å². The zero-order chi connectivity index (χ0) is 14.7. The molecule has 1 amide bonds. The predicted octanol–water partition coefficient (Wildman–Crippen LogP) is 3.52. The van der Waals surface area contributed by atoms with Gasteiger partial charge in [-0.3, -0.25) is 4.79 Å². The Morgan fingerprint density at radius 2 is 2.10 bits per heavy atom. The smallest absolute Gasteiger partial charge is 0.251 e. The van der Waals surface area contributed by atoms with Crippen LogP contribution in [0, 0.1) is 18.8 Å². The quantitative estimate of drug-likeness (QED) is 0.829. The number of nitrogens with two attached hydrogens (primary N) is 1. The third kappa shape index (κ3) is 3.53. The van der Waals surface area contributed by atoms with Gasteiger partial charge in [-0.05, 0) is 49.3 Å². The summed E-state index contributed by atoms with van der Waals surface area (Å²) in [5.74, 6) is 1.45. The number of hydrogen-bond acceptors (Lipinski definition) is 2. The predicted molar refractivity (Wildman–Crippen MR) is 83.6 cm³/mol. The van der Waals surface area contributed by atoms with Crippen molar-refractivity contribution >= 4 is 11.6 Å². The van der Waals surface area contributed by atoms with Gasteiger partial charge in [-0.15, -0.1) is 0 Å². The molecule has 1 saturated carbocycles. The number of aryl methyl sites for hydroxylation is 1. The number of anilines is 1. The first-order valence-corrected chi connectivity index (χ1v) is 7.64. The lowest BCUT2D eigenvalue weighted by Gasteiger charge is -2.32. The van der Waals surface area contributed by atoms with E-state index in [1.807, 2.05) is 19.1 Å². The Balaban J connectivity index is 2.02. The molecule has 1 aromatic rings. The van der Waals surface area contributed by atoms with Gasteiger partial charge in [-0.25, -0.2) is 0 Å². The molecule has 1 fully saturated rings. The Morgan fingerprint density at radius 3 is 2.80 bits per heavy atom. The van der Waals surface area contributed by atoms with Gasteiger partial charge in [0.05, 0.1) is 0 Å². The Kier molecular flexibility index (Phi) is 4.69. The average molecular weight is 274 g/mol. The van der Waals surface area contributed by atoms with E-state index in [0.29, 0.717) is 23.2 Å². The molecule has 0 heterocycles. The lowest BCUT2D eigenvalue weighted by molar-refractivity contribution is 0.0912. The normalized spacial score (nSPS) is 22.8. The summed E-state index contributed by atoms with van der Waals surface area (Å²) in [5.41, 5.74) is 8.11. The number of carbonyl (C=O) groups is 1. The molecule has 1 aliphatic carbocycles. The molecule has 2 unspecified atom stereocenters. The van der Waals surface area contributed by atoms with Gasteiger partial charge in [-0.2, -0.15) is 0 Å². The van der Waals surface area contributed by atoms with Gasteiger partial charge in [0, 0.05) is 17.3 Å². The molecule has 1 aliphatic rings. The SMILES string of the molecule is Cc1ccc(N)cc1C(=O)NC1CCCC(C(C)C)C1. The molecule has 2 rings (SSSR count). The van der Waals surface area contributed by atoms with E-state index in [1.165, 1.54) is 12.8 Å². The monoisotopic (exact) mass is 274 g/mol. The second-order valence-corrected chi connectivity index (χ2v) is 6.42. The van der Waals surface area contributed by atoms with Crippen LogP contribution in [0.5, 0.6) is 0 Å². The number of nitrogen functional groups attached to an aromatic ring is 1. The van der Waals surface area contributed by atoms with Gasteiger partial charge in [0.25, 0.3) is 5.91 Å². The zero-order valence-electron chi connectivity index (χ0n) is 12.8. The summed E-state index contributed by atoms with van der Waals surface area (Å²) in [6.07, 6.45) is 4.70. The summed E-state index contributed by atoms with van der Waals surface area (Å²) >= 11 is 0. The van der Waals surface area contributed by atoms with Gasteiger partial charge >= 0.3 is 0 Å². The van der Waals surface area contributed by atoms with E-state index < -0.39 is 0 Å². The molecular weight excluding hydrogens is 248 g/mol. The van der Waals surface area contributed by atoms with Crippen LogP contribution in [-0.4, -0.2) is 11.9 Å². The molecule has 110 valence electrons. The van der Waals surface area contributed by atoms with Crippen molar-refractivity contribution in [2.24, 2.45) is 11.8 Å². The molecule has 0 radical (unpaired) electrons. The van der Waals surface area contributed by atoms with Crippen LogP contribution in [0.3, 0.4) is 0 Å². The lowest BCUT2D eigenvalue weighted by Crippen LogP contribution is -2.39. The molecule has 0 spiro atoms. The summed E-state index contributed by atoms with van der Waals surface area (Å²) in [4.78, 5) is 12.4. The van der Waals surface area contributed by atoms with Crippen molar-refractivity contribution in [3.8, 4) is 0 Å². The molecule has 2 atom stereocenters. The standard InChI is InChI=1S/C17H26N2O/c1-11(2)13-5-4-6-15(9-13)19-17(20)16-10-14(18)8-7-12(16)3/h7-8,10-11,13,15H,4-6,9,18H2,1-3H3,(H,19,20). The topological polar surface area (TPSA) is 55.1 Å². The van der Waals surface area contributed by atoms with Crippen LogP contribution in [0.25, 0.3) is 0 Å². The van der Waals surface area contributed by atoms with Gasteiger partial charge in [0.1, 0.15) is 0 Å². The van der Waals surface area contributed by atoms with Crippen LogP contribution in [-0.2, 0) is 0 Å². The van der Waals surface area contributed by atoms with Crippen molar-refractivity contribution in [1.82, 2.24) is 5.32 Å². The fourth-order valence-electron chi connectivity index (χ4n) is 3.11. The molecular formula is C17H26N2O. The molecule has 3 nitrogen and oxygen atoms in total. The number of benzene rings is 1. The Labute approximate surface area is 121 Å². The van der Waals surface area contributed by atoms with Crippen molar-refractivity contribution in [1.29, 1.82) is 0 Å². The largest absolute Gasteiger partial charge is 0.399 e. The molecule has 3 heteroatoms. The highest BCUT2D eigenvalue weighted by Crippen LogP contribution is 2.30.